The molecule has 2 N–H and O–H groups in total. The van der Waals surface area contributed by atoms with Gasteiger partial charge in [0.25, 0.3) is 14.0 Å². The first kappa shape index (κ1) is 17.5. The molecule has 0 fully saturated rings. The summed E-state index contributed by atoms with van der Waals surface area (Å²) < 4.78 is 6.41. The van der Waals surface area contributed by atoms with Gasteiger partial charge in [0.05, 0.1) is 11.0 Å². The summed E-state index contributed by atoms with van der Waals surface area (Å²) in [6, 6.07) is 4.73. The fourth-order valence-electron chi connectivity index (χ4n) is 3.30. The van der Waals surface area contributed by atoms with Crippen molar-refractivity contribution in [3.8, 4) is 5.75 Å². The van der Waals surface area contributed by atoms with Gasteiger partial charge in [-0.2, -0.15) is 0 Å². The van der Waals surface area contributed by atoms with Crippen LogP contribution < -0.4 is 10.2 Å². The fourth-order valence-corrected chi connectivity index (χ4v) is 8.55. The molecule has 1 aromatic carbocycles. The maximum absolute atomic E-state index is 11.0. The van der Waals surface area contributed by atoms with Crippen molar-refractivity contribution in [3.63, 3.8) is 0 Å². The molecule has 1 aromatic rings. The number of nitrogens with zero attached hydrogens (tertiary/aromatic N) is 1. The van der Waals surface area contributed by atoms with E-state index in [2.05, 4.69) is 41.5 Å². The number of nitro groups is 1. The van der Waals surface area contributed by atoms with Crippen LogP contribution in [0.3, 0.4) is 0 Å². The monoisotopic (exact) mass is 310 g/mol. The lowest BCUT2D eigenvalue weighted by atomic mass is 10.2. The molecule has 21 heavy (non-hydrogen) atoms. The molecule has 118 valence electrons. The van der Waals surface area contributed by atoms with Crippen molar-refractivity contribution in [1.82, 2.24) is 0 Å². The Hall–Kier alpha value is -1.56. The maximum atomic E-state index is 11.0. The van der Waals surface area contributed by atoms with Crippen LogP contribution >= 0.6 is 0 Å². The van der Waals surface area contributed by atoms with E-state index in [0.717, 1.165) is 0 Å². The van der Waals surface area contributed by atoms with Crippen molar-refractivity contribution >= 4 is 19.7 Å². The van der Waals surface area contributed by atoms with Gasteiger partial charge in [0, 0.05) is 0 Å². The smallest absolute Gasteiger partial charge is 0.295 e. The first-order valence-corrected chi connectivity index (χ1v) is 9.49. The topological polar surface area (TPSA) is 78.4 Å². The molecule has 0 aliphatic heterocycles. The number of nitrogen functional groups attached to an aromatic ring is 1. The van der Waals surface area contributed by atoms with E-state index in [1.807, 2.05) is 0 Å². The molecule has 0 aliphatic carbocycles. The number of benzene rings is 1. The molecule has 0 spiro atoms. The average molecular weight is 310 g/mol. The minimum absolute atomic E-state index is 0.0910. The minimum atomic E-state index is -2.11. The summed E-state index contributed by atoms with van der Waals surface area (Å²) in [6.07, 6.45) is 0. The zero-order chi connectivity index (χ0) is 16.4. The highest BCUT2D eigenvalue weighted by molar-refractivity contribution is 6.78. The van der Waals surface area contributed by atoms with Crippen LogP contribution in [0.2, 0.25) is 16.6 Å². The van der Waals surface area contributed by atoms with Crippen LogP contribution in [0, 0.1) is 10.1 Å². The normalized spacial score (nSPS) is 12.2. The Labute approximate surface area is 127 Å². The summed E-state index contributed by atoms with van der Waals surface area (Å²) >= 11 is 0. The summed E-state index contributed by atoms with van der Waals surface area (Å²) in [5, 5.41) is 11.0. The van der Waals surface area contributed by atoms with E-state index in [9.17, 15) is 10.1 Å². The van der Waals surface area contributed by atoms with Crippen LogP contribution in [0.15, 0.2) is 18.2 Å². The summed E-state index contributed by atoms with van der Waals surface area (Å²) in [7, 11) is -2.11. The molecule has 0 atom stereocenters. The van der Waals surface area contributed by atoms with E-state index in [1.54, 1.807) is 12.1 Å². The van der Waals surface area contributed by atoms with Crippen LogP contribution in [0.25, 0.3) is 0 Å². The quantitative estimate of drug-likeness (QED) is 0.356. The highest BCUT2D eigenvalue weighted by Crippen LogP contribution is 2.43. The number of anilines is 1. The van der Waals surface area contributed by atoms with Crippen LogP contribution in [0.1, 0.15) is 41.5 Å². The van der Waals surface area contributed by atoms with Gasteiger partial charge in [-0.1, -0.05) is 41.5 Å². The number of hydrogen-bond donors (Lipinski definition) is 1. The van der Waals surface area contributed by atoms with Crippen molar-refractivity contribution in [1.29, 1.82) is 0 Å². The highest BCUT2D eigenvalue weighted by atomic mass is 28.4. The standard InChI is InChI=1S/C15H26N2O3Si/c1-10(2)21(11(3)4,12(5)6)20-13-7-8-14(16)15(9-13)17(18)19/h7-12H,16H2,1-6H3. The Morgan fingerprint density at radius 2 is 1.57 bits per heavy atom. The second-order valence-corrected chi connectivity index (χ2v) is 11.8. The van der Waals surface area contributed by atoms with E-state index in [-0.39, 0.29) is 11.4 Å². The summed E-state index contributed by atoms with van der Waals surface area (Å²) in [4.78, 5) is 10.6. The number of hydrogen-bond acceptors (Lipinski definition) is 4. The van der Waals surface area contributed by atoms with Crippen molar-refractivity contribution in [2.24, 2.45) is 0 Å². The second-order valence-electron chi connectivity index (χ2n) is 6.40. The van der Waals surface area contributed by atoms with E-state index < -0.39 is 13.2 Å². The first-order chi connectivity index (χ1) is 9.62. The van der Waals surface area contributed by atoms with E-state index in [0.29, 0.717) is 22.4 Å². The van der Waals surface area contributed by atoms with Gasteiger partial charge in [0.1, 0.15) is 11.4 Å². The molecule has 0 saturated heterocycles. The van der Waals surface area contributed by atoms with Crippen molar-refractivity contribution < 1.29 is 9.35 Å². The molecule has 0 bridgehead atoms. The third kappa shape index (κ3) is 3.37. The third-order valence-corrected chi connectivity index (χ3v) is 10.2. The van der Waals surface area contributed by atoms with Crippen molar-refractivity contribution in [2.75, 3.05) is 5.73 Å². The summed E-state index contributed by atoms with van der Waals surface area (Å²) in [5.74, 6) is 0.554. The van der Waals surface area contributed by atoms with Crippen LogP contribution in [-0.4, -0.2) is 13.2 Å². The second kappa shape index (κ2) is 6.47. The Balaban J connectivity index is 3.27. The van der Waals surface area contributed by atoms with Gasteiger partial charge < -0.3 is 10.2 Å². The van der Waals surface area contributed by atoms with Crippen LogP contribution in [0.4, 0.5) is 11.4 Å². The lowest BCUT2D eigenvalue weighted by Crippen LogP contribution is -2.50. The summed E-state index contributed by atoms with van der Waals surface area (Å²) in [6.45, 7) is 13.1. The molecular weight excluding hydrogens is 284 g/mol. The van der Waals surface area contributed by atoms with Gasteiger partial charge in [-0.25, -0.2) is 0 Å². The third-order valence-electron chi connectivity index (χ3n) is 4.20. The Bertz CT molecular complexity index is 494. The SMILES string of the molecule is CC(C)[Si](Oc1ccc(N)c([N+](=O)[O-])c1)(C(C)C)C(C)C. The Morgan fingerprint density at radius 1 is 1.10 bits per heavy atom. The zero-order valence-electron chi connectivity index (χ0n) is 13.7. The predicted octanol–water partition coefficient (Wildman–Crippen LogP) is 4.73. The van der Waals surface area contributed by atoms with Crippen LogP contribution in [0.5, 0.6) is 5.75 Å². The maximum Gasteiger partial charge on any atom is 0.295 e. The van der Waals surface area contributed by atoms with Gasteiger partial charge >= 0.3 is 0 Å². The molecule has 0 amide bonds. The number of nitrogens with two attached hydrogens (primary N) is 1. The lowest BCUT2D eigenvalue weighted by molar-refractivity contribution is -0.383. The van der Waals surface area contributed by atoms with E-state index in [1.165, 1.54) is 6.07 Å². The molecule has 0 radical (unpaired) electrons. The van der Waals surface area contributed by atoms with Gasteiger partial charge in [0.15, 0.2) is 0 Å². The lowest BCUT2D eigenvalue weighted by Gasteiger charge is -2.42. The van der Waals surface area contributed by atoms with Crippen molar-refractivity contribution in [2.45, 2.75) is 58.2 Å². The van der Waals surface area contributed by atoms with E-state index >= 15 is 0 Å². The number of nitro benzene ring substituents is 1. The molecule has 0 aliphatic rings. The Morgan fingerprint density at radius 3 is 1.95 bits per heavy atom. The molecular formula is C15H26N2O3Si. The largest absolute Gasteiger partial charge is 0.543 e. The molecule has 0 aromatic heterocycles. The molecule has 0 heterocycles. The molecule has 6 heteroatoms. The van der Waals surface area contributed by atoms with Gasteiger partial charge in [0.2, 0.25) is 0 Å². The van der Waals surface area contributed by atoms with Gasteiger partial charge in [-0.05, 0) is 28.8 Å². The minimum Gasteiger partial charge on any atom is -0.543 e. The predicted molar refractivity (Wildman–Crippen MR) is 89.2 cm³/mol. The molecule has 0 unspecified atom stereocenters. The molecule has 1 rings (SSSR count). The average Bonchev–Trinajstić information content (AvgIpc) is 2.35. The van der Waals surface area contributed by atoms with E-state index in [4.69, 9.17) is 10.2 Å². The van der Waals surface area contributed by atoms with Gasteiger partial charge in [-0.3, -0.25) is 10.1 Å². The Kier molecular flexibility index (Phi) is 5.39. The number of rotatable bonds is 6. The van der Waals surface area contributed by atoms with Crippen molar-refractivity contribution in [3.05, 3.63) is 28.3 Å². The zero-order valence-corrected chi connectivity index (χ0v) is 14.7. The summed E-state index contributed by atoms with van der Waals surface area (Å²) in [5.41, 5.74) is 6.96. The van der Waals surface area contributed by atoms with Gasteiger partial charge in [-0.15, -0.1) is 0 Å². The fraction of sp³-hybridized carbons (Fsp3) is 0.600. The van der Waals surface area contributed by atoms with Crippen LogP contribution in [-0.2, 0) is 0 Å². The molecule has 5 nitrogen and oxygen atoms in total. The first-order valence-electron chi connectivity index (χ1n) is 7.35. The molecule has 0 saturated carbocycles. The highest BCUT2D eigenvalue weighted by Gasteiger charge is 2.47.